The maximum atomic E-state index is 14.2. The second-order valence-electron chi connectivity index (χ2n) is 7.06. The molecule has 0 saturated heterocycles. The van der Waals surface area contributed by atoms with Crippen molar-refractivity contribution in [2.45, 2.75) is 13.8 Å². The van der Waals surface area contributed by atoms with Crippen molar-refractivity contribution in [2.75, 3.05) is 11.9 Å². The zero-order chi connectivity index (χ0) is 23.0. The van der Waals surface area contributed by atoms with Crippen LogP contribution in [0.2, 0.25) is 0 Å². The fraction of sp³-hybridized carbons (Fsp3) is 0.130. The molecule has 0 bridgehead atoms. The zero-order valence-electron chi connectivity index (χ0n) is 17.1. The molecule has 4 aromatic rings. The molecule has 2 aromatic carbocycles. The number of esters is 1. The Morgan fingerprint density at radius 2 is 1.94 bits per heavy atom. The summed E-state index contributed by atoms with van der Waals surface area (Å²) in [7, 11) is 0. The van der Waals surface area contributed by atoms with E-state index in [2.05, 4.69) is 15.3 Å². The van der Waals surface area contributed by atoms with Gasteiger partial charge in [0, 0.05) is 23.3 Å². The molecule has 0 spiro atoms. The number of carbonyl (C=O) groups is 2. The highest BCUT2D eigenvalue weighted by Crippen LogP contribution is 2.25. The van der Waals surface area contributed by atoms with E-state index < -0.39 is 34.3 Å². The average molecular weight is 437 g/mol. The third-order valence-electron chi connectivity index (χ3n) is 4.84. The Bertz CT molecular complexity index is 1460. The van der Waals surface area contributed by atoms with Crippen molar-refractivity contribution in [3.05, 3.63) is 81.3 Å². The van der Waals surface area contributed by atoms with Crippen LogP contribution in [0.4, 0.5) is 14.5 Å². The molecule has 1 amide bonds. The second kappa shape index (κ2) is 8.18. The summed E-state index contributed by atoms with van der Waals surface area (Å²) in [6.07, 6.45) is 1.10. The third-order valence-corrected chi connectivity index (χ3v) is 4.84. The summed E-state index contributed by atoms with van der Waals surface area (Å²) in [4.78, 5) is 44.7. The standard InChI is InChI=1S/C23H17F2N3O4/c1-3-32-23(31)12-4-5-17-14(7-12)18(6-11(2)27-17)28-22(30)15-10-26-19-9-13(24)8-16(25)20(19)21(15)29/h4-10H,3H2,1-2H3,(H,26,29)(H,27,28,30). The van der Waals surface area contributed by atoms with Crippen LogP contribution in [0.25, 0.3) is 21.8 Å². The third kappa shape index (κ3) is 3.80. The van der Waals surface area contributed by atoms with Crippen LogP contribution in [0, 0.1) is 18.6 Å². The first-order valence-corrected chi connectivity index (χ1v) is 9.68. The van der Waals surface area contributed by atoms with Gasteiger partial charge in [-0.3, -0.25) is 14.6 Å². The molecular formula is C23H17F2N3O4. The Kier molecular flexibility index (Phi) is 5.40. The van der Waals surface area contributed by atoms with E-state index in [0.29, 0.717) is 28.4 Å². The van der Waals surface area contributed by atoms with Gasteiger partial charge in [-0.25, -0.2) is 13.6 Å². The van der Waals surface area contributed by atoms with E-state index in [1.165, 1.54) is 6.07 Å². The number of nitrogens with one attached hydrogen (secondary N) is 2. The van der Waals surface area contributed by atoms with Crippen LogP contribution in [0.15, 0.2) is 47.4 Å². The minimum atomic E-state index is -1.07. The van der Waals surface area contributed by atoms with Crippen molar-refractivity contribution in [3.8, 4) is 0 Å². The molecule has 7 nitrogen and oxygen atoms in total. The van der Waals surface area contributed by atoms with Gasteiger partial charge in [-0.15, -0.1) is 0 Å². The number of benzene rings is 2. The molecule has 2 N–H and O–H groups in total. The topological polar surface area (TPSA) is 101 Å². The molecule has 162 valence electrons. The van der Waals surface area contributed by atoms with Gasteiger partial charge in [-0.1, -0.05) is 0 Å². The van der Waals surface area contributed by atoms with E-state index in [9.17, 15) is 23.2 Å². The molecule has 2 heterocycles. The normalized spacial score (nSPS) is 11.0. The Balaban J connectivity index is 1.78. The number of aromatic amines is 1. The van der Waals surface area contributed by atoms with Crippen LogP contribution in [-0.2, 0) is 4.74 Å². The van der Waals surface area contributed by atoms with Crippen molar-refractivity contribution in [1.82, 2.24) is 9.97 Å². The van der Waals surface area contributed by atoms with Crippen LogP contribution < -0.4 is 10.7 Å². The molecule has 0 unspecified atom stereocenters. The van der Waals surface area contributed by atoms with Gasteiger partial charge in [0.15, 0.2) is 0 Å². The fourth-order valence-electron chi connectivity index (χ4n) is 3.43. The van der Waals surface area contributed by atoms with Gasteiger partial charge in [-0.2, -0.15) is 0 Å². The Morgan fingerprint density at radius 1 is 1.16 bits per heavy atom. The maximum absolute atomic E-state index is 14.2. The number of carbonyl (C=O) groups excluding carboxylic acids is 2. The largest absolute Gasteiger partial charge is 0.462 e. The van der Waals surface area contributed by atoms with Gasteiger partial charge >= 0.3 is 5.97 Å². The minimum absolute atomic E-state index is 0.0617. The first-order valence-electron chi connectivity index (χ1n) is 9.68. The number of hydrogen-bond donors (Lipinski definition) is 2. The average Bonchev–Trinajstić information content (AvgIpc) is 2.73. The molecule has 0 fully saturated rings. The van der Waals surface area contributed by atoms with Crippen molar-refractivity contribution < 1.29 is 23.1 Å². The highest BCUT2D eigenvalue weighted by molar-refractivity contribution is 6.10. The van der Waals surface area contributed by atoms with Crippen molar-refractivity contribution in [2.24, 2.45) is 0 Å². The summed E-state index contributed by atoms with van der Waals surface area (Å²) in [6.45, 7) is 3.62. The van der Waals surface area contributed by atoms with Crippen LogP contribution in [0.1, 0.15) is 33.3 Å². The van der Waals surface area contributed by atoms with Gasteiger partial charge in [0.1, 0.15) is 17.2 Å². The Morgan fingerprint density at radius 3 is 2.69 bits per heavy atom. The van der Waals surface area contributed by atoms with Gasteiger partial charge in [-0.05, 0) is 44.2 Å². The second-order valence-corrected chi connectivity index (χ2v) is 7.06. The number of amides is 1. The van der Waals surface area contributed by atoms with Gasteiger partial charge < -0.3 is 15.0 Å². The molecule has 0 aliphatic heterocycles. The molecule has 32 heavy (non-hydrogen) atoms. The van der Waals surface area contributed by atoms with Crippen LogP contribution >= 0.6 is 0 Å². The first kappa shape index (κ1) is 21.1. The van der Waals surface area contributed by atoms with Crippen LogP contribution in [0.5, 0.6) is 0 Å². The Hall–Kier alpha value is -4.14. The molecule has 0 atom stereocenters. The highest BCUT2D eigenvalue weighted by atomic mass is 19.1. The van der Waals surface area contributed by atoms with Gasteiger partial charge in [0.2, 0.25) is 5.43 Å². The number of rotatable bonds is 4. The number of H-pyrrole nitrogens is 1. The summed E-state index contributed by atoms with van der Waals surface area (Å²) < 4.78 is 32.6. The number of hydrogen-bond acceptors (Lipinski definition) is 5. The van der Waals surface area contributed by atoms with Crippen molar-refractivity contribution in [1.29, 1.82) is 0 Å². The number of ether oxygens (including phenoxy) is 1. The molecule has 0 saturated carbocycles. The van der Waals surface area contributed by atoms with Crippen molar-refractivity contribution >= 4 is 39.4 Å². The lowest BCUT2D eigenvalue weighted by molar-refractivity contribution is 0.0526. The van der Waals surface area contributed by atoms with E-state index in [1.54, 1.807) is 32.0 Å². The summed E-state index contributed by atoms with van der Waals surface area (Å²) in [6, 6.07) is 7.85. The first-order chi connectivity index (χ1) is 15.3. The Labute approximate surface area is 180 Å². The number of nitrogens with zero attached hydrogens (tertiary/aromatic N) is 1. The monoisotopic (exact) mass is 437 g/mol. The highest BCUT2D eigenvalue weighted by Gasteiger charge is 2.18. The lowest BCUT2D eigenvalue weighted by Crippen LogP contribution is -2.23. The number of halogens is 2. The zero-order valence-corrected chi connectivity index (χ0v) is 17.1. The predicted molar refractivity (Wildman–Crippen MR) is 115 cm³/mol. The summed E-state index contributed by atoms with van der Waals surface area (Å²) >= 11 is 0. The minimum Gasteiger partial charge on any atom is -0.462 e. The number of anilines is 1. The van der Waals surface area contributed by atoms with Crippen LogP contribution in [0.3, 0.4) is 0 Å². The smallest absolute Gasteiger partial charge is 0.338 e. The van der Waals surface area contributed by atoms with Gasteiger partial charge in [0.25, 0.3) is 5.91 Å². The lowest BCUT2D eigenvalue weighted by atomic mass is 10.1. The van der Waals surface area contributed by atoms with E-state index in [1.807, 2.05) is 0 Å². The maximum Gasteiger partial charge on any atom is 0.338 e. The van der Waals surface area contributed by atoms with E-state index in [4.69, 9.17) is 4.74 Å². The van der Waals surface area contributed by atoms with E-state index in [-0.39, 0.29) is 23.3 Å². The molecule has 0 radical (unpaired) electrons. The predicted octanol–water partition coefficient (Wildman–Crippen LogP) is 4.09. The van der Waals surface area contributed by atoms with Crippen LogP contribution in [-0.4, -0.2) is 28.5 Å². The SMILES string of the molecule is CCOC(=O)c1ccc2nc(C)cc(NC(=O)c3c[nH]c4cc(F)cc(F)c4c3=O)c2c1. The number of aryl methyl sites for hydroxylation is 1. The molecule has 9 heteroatoms. The molecule has 0 aliphatic rings. The molecule has 0 aliphatic carbocycles. The number of fused-ring (bicyclic) bond motifs is 2. The van der Waals surface area contributed by atoms with E-state index in [0.717, 1.165) is 12.3 Å². The van der Waals surface area contributed by atoms with Crippen molar-refractivity contribution in [3.63, 3.8) is 0 Å². The quantitative estimate of drug-likeness (QED) is 0.469. The van der Waals surface area contributed by atoms with Gasteiger partial charge in [0.05, 0.1) is 34.3 Å². The summed E-state index contributed by atoms with van der Waals surface area (Å²) in [5.41, 5.74) is 0.389. The summed E-state index contributed by atoms with van der Waals surface area (Å²) in [5.74, 6) is -3.24. The number of aromatic nitrogens is 2. The number of pyridine rings is 2. The fourth-order valence-corrected chi connectivity index (χ4v) is 3.43. The molecule has 2 aromatic heterocycles. The summed E-state index contributed by atoms with van der Waals surface area (Å²) in [5, 5.41) is 2.67. The molecule has 4 rings (SSSR count). The molecular weight excluding hydrogens is 420 g/mol. The van der Waals surface area contributed by atoms with E-state index >= 15 is 0 Å². The lowest BCUT2D eigenvalue weighted by Gasteiger charge is -2.11.